The fourth-order valence-electron chi connectivity index (χ4n) is 1.99. The van der Waals surface area contributed by atoms with Gasteiger partial charge in [-0.05, 0) is 43.7 Å². The van der Waals surface area contributed by atoms with Crippen LogP contribution < -0.4 is 4.74 Å². The van der Waals surface area contributed by atoms with E-state index in [2.05, 4.69) is 6.58 Å². The zero-order valence-corrected chi connectivity index (χ0v) is 12.2. The molecular formula is C18H19NO2. The second-order valence-corrected chi connectivity index (χ2v) is 4.66. The van der Waals surface area contributed by atoms with Gasteiger partial charge in [0.25, 0.3) is 0 Å². The van der Waals surface area contributed by atoms with Crippen LogP contribution in [0.25, 0.3) is 0 Å². The first-order valence-electron chi connectivity index (χ1n) is 6.94. The third kappa shape index (κ3) is 4.21. The molecule has 1 aliphatic heterocycles. The topological polar surface area (TPSA) is 29.5 Å². The minimum absolute atomic E-state index is 0.0845. The minimum atomic E-state index is 0.0845. The Kier molecular flexibility index (Phi) is 5.16. The van der Waals surface area contributed by atoms with Crippen LogP contribution in [-0.2, 0) is 4.79 Å². The van der Waals surface area contributed by atoms with E-state index in [0.29, 0.717) is 12.2 Å². The standard InChI is InChI=1S/C18H19NO2/c1-3-8-16(21-17-9-5-4-6-10-17)11-7-14-19-15(2)12-13-18(19)20/h3-11,14H,2,12-13H2,1H3/b8-3-,14-7+,16-11+. The Balaban J connectivity index is 2.07. The van der Waals surface area contributed by atoms with Gasteiger partial charge in [0.2, 0.25) is 5.91 Å². The van der Waals surface area contributed by atoms with E-state index >= 15 is 0 Å². The van der Waals surface area contributed by atoms with Crippen LogP contribution in [-0.4, -0.2) is 10.8 Å². The first-order chi connectivity index (χ1) is 10.2. The number of carbonyl (C=O) groups is 1. The van der Waals surface area contributed by atoms with Gasteiger partial charge in [-0.3, -0.25) is 9.69 Å². The van der Waals surface area contributed by atoms with Gasteiger partial charge in [-0.1, -0.05) is 30.9 Å². The highest BCUT2D eigenvalue weighted by Crippen LogP contribution is 2.20. The summed E-state index contributed by atoms with van der Waals surface area (Å²) in [7, 11) is 0. The van der Waals surface area contributed by atoms with Crippen LogP contribution in [0.3, 0.4) is 0 Å². The fourth-order valence-corrected chi connectivity index (χ4v) is 1.99. The van der Waals surface area contributed by atoms with Gasteiger partial charge in [-0.25, -0.2) is 0 Å². The summed E-state index contributed by atoms with van der Waals surface area (Å²) >= 11 is 0. The molecule has 0 N–H and O–H groups in total. The largest absolute Gasteiger partial charge is 0.457 e. The maximum Gasteiger partial charge on any atom is 0.231 e. The lowest BCUT2D eigenvalue weighted by Gasteiger charge is -2.10. The van der Waals surface area contributed by atoms with Crippen LogP contribution in [0.5, 0.6) is 5.75 Å². The first-order valence-corrected chi connectivity index (χ1v) is 6.94. The highest BCUT2D eigenvalue weighted by Gasteiger charge is 2.21. The third-order valence-electron chi connectivity index (χ3n) is 3.04. The average molecular weight is 281 g/mol. The second-order valence-electron chi connectivity index (χ2n) is 4.66. The van der Waals surface area contributed by atoms with Crippen LogP contribution in [0.4, 0.5) is 0 Å². The summed E-state index contributed by atoms with van der Waals surface area (Å²) in [5.74, 6) is 1.57. The summed E-state index contributed by atoms with van der Waals surface area (Å²) in [4.78, 5) is 13.2. The van der Waals surface area contributed by atoms with Crippen molar-refractivity contribution in [1.29, 1.82) is 0 Å². The van der Waals surface area contributed by atoms with Gasteiger partial charge < -0.3 is 4.74 Å². The molecule has 1 aromatic carbocycles. The van der Waals surface area contributed by atoms with Crippen molar-refractivity contribution in [3.63, 3.8) is 0 Å². The first kappa shape index (κ1) is 14.9. The maximum atomic E-state index is 11.6. The zero-order chi connectivity index (χ0) is 15.1. The fraction of sp³-hybridized carbons (Fsp3) is 0.167. The van der Waals surface area contributed by atoms with E-state index in [-0.39, 0.29) is 5.91 Å². The summed E-state index contributed by atoms with van der Waals surface area (Å²) in [5.41, 5.74) is 0.834. The number of allylic oxidation sites excluding steroid dienone is 5. The van der Waals surface area contributed by atoms with Gasteiger partial charge in [-0.2, -0.15) is 0 Å². The van der Waals surface area contributed by atoms with E-state index in [1.165, 1.54) is 0 Å². The Morgan fingerprint density at radius 1 is 1.29 bits per heavy atom. The quantitative estimate of drug-likeness (QED) is 0.598. The number of nitrogens with zero attached hydrogens (tertiary/aromatic N) is 1. The van der Waals surface area contributed by atoms with E-state index in [1.807, 2.05) is 55.5 Å². The molecule has 0 saturated carbocycles. The van der Waals surface area contributed by atoms with Crippen molar-refractivity contribution in [2.24, 2.45) is 0 Å². The molecule has 1 aromatic rings. The summed E-state index contributed by atoms with van der Waals surface area (Å²) < 4.78 is 5.77. The number of rotatable bonds is 5. The zero-order valence-electron chi connectivity index (χ0n) is 12.2. The van der Waals surface area contributed by atoms with Crippen LogP contribution in [0.1, 0.15) is 19.8 Å². The van der Waals surface area contributed by atoms with Crippen molar-refractivity contribution in [2.45, 2.75) is 19.8 Å². The summed E-state index contributed by atoms with van der Waals surface area (Å²) in [5, 5.41) is 0. The number of amides is 1. The molecule has 0 spiro atoms. The molecule has 3 heteroatoms. The lowest BCUT2D eigenvalue weighted by molar-refractivity contribution is -0.124. The highest BCUT2D eigenvalue weighted by molar-refractivity contribution is 5.82. The molecule has 0 radical (unpaired) electrons. The molecule has 0 aromatic heterocycles. The lowest BCUT2D eigenvalue weighted by atomic mass is 10.3. The number of hydrogen-bond donors (Lipinski definition) is 0. The smallest absolute Gasteiger partial charge is 0.231 e. The molecule has 0 unspecified atom stereocenters. The Labute approximate surface area is 125 Å². The van der Waals surface area contributed by atoms with Crippen molar-refractivity contribution < 1.29 is 9.53 Å². The van der Waals surface area contributed by atoms with Gasteiger partial charge in [0.1, 0.15) is 11.5 Å². The van der Waals surface area contributed by atoms with Crippen molar-refractivity contribution >= 4 is 5.91 Å². The maximum absolute atomic E-state index is 11.6. The SMILES string of the molecule is C=C1CCC(=O)N1/C=C/C=C(\C=C/C)Oc1ccccc1. The van der Waals surface area contributed by atoms with E-state index in [4.69, 9.17) is 4.74 Å². The molecule has 1 amide bonds. The molecular weight excluding hydrogens is 262 g/mol. The Morgan fingerprint density at radius 3 is 2.67 bits per heavy atom. The highest BCUT2D eigenvalue weighted by atomic mass is 16.5. The van der Waals surface area contributed by atoms with Crippen molar-refractivity contribution in [1.82, 2.24) is 4.90 Å². The molecule has 1 heterocycles. The van der Waals surface area contributed by atoms with E-state index < -0.39 is 0 Å². The number of carbonyl (C=O) groups excluding carboxylic acids is 1. The molecule has 0 aliphatic carbocycles. The Morgan fingerprint density at radius 2 is 2.05 bits per heavy atom. The van der Waals surface area contributed by atoms with Gasteiger partial charge in [-0.15, -0.1) is 0 Å². The molecule has 0 atom stereocenters. The summed E-state index contributed by atoms with van der Waals surface area (Å²) in [6, 6.07) is 9.58. The molecule has 3 nitrogen and oxygen atoms in total. The minimum Gasteiger partial charge on any atom is -0.457 e. The third-order valence-corrected chi connectivity index (χ3v) is 3.04. The number of likely N-dealkylation sites (tertiary alicyclic amines) is 1. The van der Waals surface area contributed by atoms with E-state index in [0.717, 1.165) is 17.9 Å². The second kappa shape index (κ2) is 7.29. The van der Waals surface area contributed by atoms with Crippen molar-refractivity contribution in [2.75, 3.05) is 0 Å². The van der Waals surface area contributed by atoms with E-state index in [1.54, 1.807) is 17.2 Å². The monoisotopic (exact) mass is 281 g/mol. The number of ether oxygens (including phenoxy) is 1. The van der Waals surface area contributed by atoms with E-state index in [9.17, 15) is 4.79 Å². The number of hydrogen-bond acceptors (Lipinski definition) is 2. The van der Waals surface area contributed by atoms with Crippen LogP contribution in [0, 0.1) is 0 Å². The van der Waals surface area contributed by atoms with Crippen LogP contribution in [0.15, 0.2) is 78.9 Å². The van der Waals surface area contributed by atoms with Gasteiger partial charge in [0.15, 0.2) is 0 Å². The van der Waals surface area contributed by atoms with Gasteiger partial charge in [0.05, 0.1) is 0 Å². The molecule has 21 heavy (non-hydrogen) atoms. The van der Waals surface area contributed by atoms with Crippen LogP contribution >= 0.6 is 0 Å². The predicted octanol–water partition coefficient (Wildman–Crippen LogP) is 4.18. The van der Waals surface area contributed by atoms with Crippen molar-refractivity contribution in [3.8, 4) is 5.75 Å². The molecule has 1 aliphatic rings. The van der Waals surface area contributed by atoms with Crippen molar-refractivity contribution in [3.05, 3.63) is 78.9 Å². The summed E-state index contributed by atoms with van der Waals surface area (Å²) in [6.07, 6.45) is 10.4. The number of benzene rings is 1. The molecule has 2 rings (SSSR count). The molecule has 108 valence electrons. The molecule has 0 bridgehead atoms. The molecule has 1 saturated heterocycles. The van der Waals surface area contributed by atoms with Crippen LogP contribution in [0.2, 0.25) is 0 Å². The molecule has 1 fully saturated rings. The normalized spacial score (nSPS) is 16.4. The van der Waals surface area contributed by atoms with Gasteiger partial charge >= 0.3 is 0 Å². The lowest BCUT2D eigenvalue weighted by Crippen LogP contribution is -2.15. The summed E-state index contributed by atoms with van der Waals surface area (Å²) in [6.45, 7) is 5.80. The average Bonchev–Trinajstić information content (AvgIpc) is 2.80. The Hall–Kier alpha value is -2.55. The Bertz CT molecular complexity index is 581. The predicted molar refractivity (Wildman–Crippen MR) is 84.3 cm³/mol. The number of para-hydroxylation sites is 1. The van der Waals surface area contributed by atoms with Gasteiger partial charge in [0, 0.05) is 18.3 Å².